The van der Waals surface area contributed by atoms with E-state index in [0.29, 0.717) is 18.3 Å². The molecule has 1 N–H and O–H groups in total. The van der Waals surface area contributed by atoms with Gasteiger partial charge in [0.15, 0.2) is 5.82 Å². The van der Waals surface area contributed by atoms with Crippen LogP contribution in [0.3, 0.4) is 0 Å². The van der Waals surface area contributed by atoms with Crippen molar-refractivity contribution in [3.05, 3.63) is 36.2 Å². The summed E-state index contributed by atoms with van der Waals surface area (Å²) in [6.45, 7) is 1.82. The summed E-state index contributed by atoms with van der Waals surface area (Å²) in [4.78, 5) is 6.74. The predicted molar refractivity (Wildman–Crippen MR) is 79.5 cm³/mol. The minimum absolute atomic E-state index is 0.198. The third-order valence-electron chi connectivity index (χ3n) is 4.04. The second-order valence-corrected chi connectivity index (χ2v) is 5.54. The highest BCUT2D eigenvalue weighted by atomic mass is 16.5. The summed E-state index contributed by atoms with van der Waals surface area (Å²) in [7, 11) is 0. The molecule has 112 valence electrons. The molecule has 3 rings (SSSR count). The lowest BCUT2D eigenvalue weighted by Crippen LogP contribution is -2.37. The predicted octanol–water partition coefficient (Wildman–Crippen LogP) is 2.47. The number of rotatable bonds is 4. The fraction of sp³-hybridized carbons (Fsp3) is 0.500. The quantitative estimate of drug-likeness (QED) is 0.936. The van der Waals surface area contributed by atoms with Gasteiger partial charge in [0.2, 0.25) is 0 Å². The van der Waals surface area contributed by atoms with Crippen molar-refractivity contribution >= 4 is 0 Å². The van der Waals surface area contributed by atoms with Gasteiger partial charge in [-0.15, -0.1) is 0 Å². The Labute approximate surface area is 124 Å². The van der Waals surface area contributed by atoms with Gasteiger partial charge in [-0.25, -0.2) is 0 Å². The maximum atomic E-state index is 9.54. The molecule has 1 aliphatic heterocycles. The van der Waals surface area contributed by atoms with Crippen LogP contribution in [0.5, 0.6) is 0 Å². The lowest BCUT2D eigenvalue weighted by atomic mass is 10.1. The Morgan fingerprint density at radius 3 is 2.86 bits per heavy atom. The second-order valence-electron chi connectivity index (χ2n) is 5.54. The van der Waals surface area contributed by atoms with Crippen LogP contribution in [0, 0.1) is 0 Å². The Morgan fingerprint density at radius 2 is 2.05 bits per heavy atom. The van der Waals surface area contributed by atoms with E-state index in [2.05, 4.69) is 15.0 Å². The van der Waals surface area contributed by atoms with Gasteiger partial charge in [-0.05, 0) is 31.5 Å². The zero-order valence-electron chi connectivity index (χ0n) is 12.1. The summed E-state index contributed by atoms with van der Waals surface area (Å²) in [6, 6.07) is 10.0. The Bertz CT molecular complexity index is 556. The summed E-state index contributed by atoms with van der Waals surface area (Å²) in [5.74, 6) is 1.25. The molecule has 0 bridgehead atoms. The number of hydrogen-bond acceptors (Lipinski definition) is 5. The van der Waals surface area contributed by atoms with Crippen LogP contribution >= 0.6 is 0 Å². The molecule has 1 atom stereocenters. The zero-order chi connectivity index (χ0) is 14.5. The molecule has 0 saturated carbocycles. The van der Waals surface area contributed by atoms with Gasteiger partial charge in [-0.2, -0.15) is 4.98 Å². The van der Waals surface area contributed by atoms with Crippen LogP contribution in [0.4, 0.5) is 0 Å². The number of hydrogen-bond donors (Lipinski definition) is 1. The van der Waals surface area contributed by atoms with Gasteiger partial charge in [0.25, 0.3) is 5.89 Å². The van der Waals surface area contributed by atoms with Crippen molar-refractivity contribution < 1.29 is 9.63 Å². The topological polar surface area (TPSA) is 62.4 Å². The highest BCUT2D eigenvalue weighted by Gasteiger charge is 2.22. The average Bonchev–Trinajstić information content (AvgIpc) is 2.88. The fourth-order valence-corrected chi connectivity index (χ4v) is 2.85. The second kappa shape index (κ2) is 6.83. The zero-order valence-corrected chi connectivity index (χ0v) is 12.1. The van der Waals surface area contributed by atoms with E-state index in [0.717, 1.165) is 18.5 Å². The molecular formula is C16H21N3O2. The molecule has 5 nitrogen and oxygen atoms in total. The minimum atomic E-state index is 0.198. The van der Waals surface area contributed by atoms with E-state index < -0.39 is 0 Å². The summed E-state index contributed by atoms with van der Waals surface area (Å²) in [5.41, 5.74) is 0.936. The van der Waals surface area contributed by atoms with E-state index in [-0.39, 0.29) is 12.6 Å². The molecule has 2 heterocycles. The van der Waals surface area contributed by atoms with Gasteiger partial charge in [0.05, 0.1) is 13.2 Å². The van der Waals surface area contributed by atoms with Crippen LogP contribution in [0.15, 0.2) is 34.9 Å². The number of likely N-dealkylation sites (tertiary alicyclic amines) is 1. The molecule has 21 heavy (non-hydrogen) atoms. The Kier molecular flexibility index (Phi) is 4.62. The van der Waals surface area contributed by atoms with Gasteiger partial charge in [-0.3, -0.25) is 4.90 Å². The van der Waals surface area contributed by atoms with Crippen molar-refractivity contribution in [2.75, 3.05) is 13.2 Å². The van der Waals surface area contributed by atoms with Crippen LogP contribution in [-0.4, -0.2) is 39.3 Å². The maximum Gasteiger partial charge on any atom is 0.257 e. The number of nitrogens with zero attached hydrogens (tertiary/aromatic N) is 3. The van der Waals surface area contributed by atoms with Crippen molar-refractivity contribution in [1.29, 1.82) is 0 Å². The van der Waals surface area contributed by atoms with Gasteiger partial charge in [0, 0.05) is 11.6 Å². The van der Waals surface area contributed by atoms with E-state index in [1.54, 1.807) is 0 Å². The first-order chi connectivity index (χ1) is 10.4. The van der Waals surface area contributed by atoms with Crippen LogP contribution in [-0.2, 0) is 6.54 Å². The van der Waals surface area contributed by atoms with Crippen LogP contribution in [0.25, 0.3) is 11.5 Å². The molecule has 1 fully saturated rings. The average molecular weight is 287 g/mol. The molecule has 1 unspecified atom stereocenters. The van der Waals surface area contributed by atoms with Crippen LogP contribution < -0.4 is 0 Å². The molecule has 1 aromatic heterocycles. The van der Waals surface area contributed by atoms with Gasteiger partial charge in [-0.1, -0.05) is 36.2 Å². The van der Waals surface area contributed by atoms with Crippen molar-refractivity contribution in [3.63, 3.8) is 0 Å². The van der Waals surface area contributed by atoms with Crippen molar-refractivity contribution in [2.24, 2.45) is 0 Å². The minimum Gasteiger partial charge on any atom is -0.395 e. The van der Waals surface area contributed by atoms with Gasteiger partial charge < -0.3 is 9.63 Å². The standard InChI is InChI=1S/C16H21N3O2/c20-12-14-9-5-2-6-10-19(14)11-15-17-16(21-18-15)13-7-3-1-4-8-13/h1,3-4,7-8,14,20H,2,5-6,9-12H2. The van der Waals surface area contributed by atoms with E-state index in [1.807, 2.05) is 30.3 Å². The largest absolute Gasteiger partial charge is 0.395 e. The molecule has 2 aromatic rings. The van der Waals surface area contributed by atoms with Crippen molar-refractivity contribution in [1.82, 2.24) is 15.0 Å². The highest BCUT2D eigenvalue weighted by molar-refractivity contribution is 5.51. The number of benzene rings is 1. The molecule has 0 radical (unpaired) electrons. The summed E-state index contributed by atoms with van der Waals surface area (Å²) in [6.07, 6.45) is 4.62. The third-order valence-corrected chi connectivity index (χ3v) is 4.04. The summed E-state index contributed by atoms with van der Waals surface area (Å²) in [5, 5.41) is 13.6. The smallest absolute Gasteiger partial charge is 0.257 e. The molecule has 0 amide bonds. The highest BCUT2D eigenvalue weighted by Crippen LogP contribution is 2.20. The van der Waals surface area contributed by atoms with Gasteiger partial charge >= 0.3 is 0 Å². The van der Waals surface area contributed by atoms with Crippen molar-refractivity contribution in [3.8, 4) is 11.5 Å². The molecule has 1 saturated heterocycles. The molecule has 0 aliphatic carbocycles. The first-order valence-electron chi connectivity index (χ1n) is 7.60. The molecule has 1 aliphatic rings. The summed E-state index contributed by atoms with van der Waals surface area (Å²) < 4.78 is 5.34. The lowest BCUT2D eigenvalue weighted by Gasteiger charge is -2.26. The molecule has 5 heteroatoms. The van der Waals surface area contributed by atoms with E-state index in [4.69, 9.17) is 4.52 Å². The van der Waals surface area contributed by atoms with E-state index in [1.165, 1.54) is 19.3 Å². The first-order valence-corrected chi connectivity index (χ1v) is 7.60. The van der Waals surface area contributed by atoms with E-state index in [9.17, 15) is 5.11 Å². The Balaban J connectivity index is 1.71. The first kappa shape index (κ1) is 14.2. The SMILES string of the molecule is OCC1CCCCCN1Cc1noc(-c2ccccc2)n1. The van der Waals surface area contributed by atoms with E-state index >= 15 is 0 Å². The Morgan fingerprint density at radius 1 is 1.19 bits per heavy atom. The normalized spacial score (nSPS) is 20.3. The van der Waals surface area contributed by atoms with Crippen molar-refractivity contribution in [2.45, 2.75) is 38.3 Å². The molecular weight excluding hydrogens is 266 g/mol. The fourth-order valence-electron chi connectivity index (χ4n) is 2.85. The number of aliphatic hydroxyl groups excluding tert-OH is 1. The van der Waals surface area contributed by atoms with Gasteiger partial charge in [0.1, 0.15) is 0 Å². The molecule has 0 spiro atoms. The summed E-state index contributed by atoms with van der Waals surface area (Å²) >= 11 is 0. The molecule has 1 aromatic carbocycles. The van der Waals surface area contributed by atoms with Crippen LogP contribution in [0.1, 0.15) is 31.5 Å². The number of aromatic nitrogens is 2. The lowest BCUT2D eigenvalue weighted by molar-refractivity contribution is 0.115. The number of aliphatic hydroxyl groups is 1. The van der Waals surface area contributed by atoms with Crippen LogP contribution in [0.2, 0.25) is 0 Å². The third kappa shape index (κ3) is 3.49. The monoisotopic (exact) mass is 287 g/mol. The maximum absolute atomic E-state index is 9.54. The Hall–Kier alpha value is -1.72.